The number of carboxylic acid groups (broad SMARTS) is 1. The molecule has 1 heterocycles. The second-order valence-corrected chi connectivity index (χ2v) is 6.35. The van der Waals surface area contributed by atoms with Crippen molar-refractivity contribution in [2.75, 3.05) is 0 Å². The number of furan rings is 1. The second kappa shape index (κ2) is 6.44. The van der Waals surface area contributed by atoms with Gasteiger partial charge in [0, 0.05) is 5.39 Å². The maximum absolute atomic E-state index is 10.9. The Morgan fingerprint density at radius 3 is 2.26 bits per heavy atom. The molecule has 0 saturated carbocycles. The van der Waals surface area contributed by atoms with Crippen LogP contribution in [0.3, 0.4) is 0 Å². The zero-order chi connectivity index (χ0) is 16.6. The van der Waals surface area contributed by atoms with Gasteiger partial charge in [-0.05, 0) is 48.2 Å². The van der Waals surface area contributed by atoms with Crippen molar-refractivity contribution in [3.8, 4) is 0 Å². The number of carboxylic acids is 1. The SMILES string of the molecule is O=C(O)c1cc2ccc(CCc3cc(Cl)c(Cl)c(Cl)c3)cc2o1. The molecule has 0 aliphatic rings. The number of rotatable bonds is 4. The highest BCUT2D eigenvalue weighted by Gasteiger charge is 2.11. The van der Waals surface area contributed by atoms with Gasteiger partial charge in [-0.1, -0.05) is 46.9 Å². The second-order valence-electron chi connectivity index (χ2n) is 5.16. The monoisotopic (exact) mass is 368 g/mol. The van der Waals surface area contributed by atoms with Crippen LogP contribution in [0.25, 0.3) is 11.0 Å². The van der Waals surface area contributed by atoms with Crippen molar-refractivity contribution in [2.45, 2.75) is 12.8 Å². The van der Waals surface area contributed by atoms with Crippen LogP contribution in [0.5, 0.6) is 0 Å². The first kappa shape index (κ1) is 16.2. The van der Waals surface area contributed by atoms with Crippen LogP contribution in [-0.4, -0.2) is 11.1 Å². The minimum atomic E-state index is -1.08. The highest BCUT2D eigenvalue weighted by Crippen LogP contribution is 2.31. The Hall–Kier alpha value is -1.68. The summed E-state index contributed by atoms with van der Waals surface area (Å²) in [7, 11) is 0. The molecule has 23 heavy (non-hydrogen) atoms. The Bertz CT molecular complexity index is 876. The van der Waals surface area contributed by atoms with E-state index in [2.05, 4.69) is 0 Å². The molecular weight excluding hydrogens is 359 g/mol. The van der Waals surface area contributed by atoms with E-state index in [0.29, 0.717) is 20.7 Å². The lowest BCUT2D eigenvalue weighted by Gasteiger charge is -2.06. The molecule has 0 fully saturated rings. The first-order valence-electron chi connectivity index (χ1n) is 6.83. The van der Waals surface area contributed by atoms with Crippen molar-refractivity contribution in [1.82, 2.24) is 0 Å². The van der Waals surface area contributed by atoms with Gasteiger partial charge in [0.15, 0.2) is 0 Å². The van der Waals surface area contributed by atoms with Gasteiger partial charge in [-0.25, -0.2) is 4.79 Å². The molecule has 0 radical (unpaired) electrons. The fourth-order valence-corrected chi connectivity index (χ4v) is 3.02. The van der Waals surface area contributed by atoms with Crippen LogP contribution in [0, 0.1) is 0 Å². The average molecular weight is 370 g/mol. The normalized spacial score (nSPS) is 11.1. The molecule has 0 atom stereocenters. The third-order valence-corrected chi connectivity index (χ3v) is 4.74. The number of hydrogen-bond acceptors (Lipinski definition) is 2. The van der Waals surface area contributed by atoms with Gasteiger partial charge < -0.3 is 9.52 Å². The van der Waals surface area contributed by atoms with Gasteiger partial charge in [0.25, 0.3) is 0 Å². The lowest BCUT2D eigenvalue weighted by atomic mass is 10.0. The Morgan fingerprint density at radius 1 is 0.957 bits per heavy atom. The zero-order valence-corrected chi connectivity index (χ0v) is 14.0. The molecule has 0 saturated heterocycles. The zero-order valence-electron chi connectivity index (χ0n) is 11.8. The van der Waals surface area contributed by atoms with E-state index in [0.717, 1.165) is 29.4 Å². The van der Waals surface area contributed by atoms with Crippen molar-refractivity contribution < 1.29 is 14.3 Å². The van der Waals surface area contributed by atoms with E-state index in [1.807, 2.05) is 18.2 Å². The van der Waals surface area contributed by atoms with Crippen LogP contribution in [0.4, 0.5) is 0 Å². The molecule has 0 unspecified atom stereocenters. The third kappa shape index (κ3) is 3.47. The molecule has 0 amide bonds. The first-order chi connectivity index (χ1) is 10.9. The smallest absolute Gasteiger partial charge is 0.371 e. The fraction of sp³-hybridized carbons (Fsp3) is 0.118. The van der Waals surface area contributed by atoms with E-state index in [1.54, 1.807) is 12.1 Å². The number of halogens is 3. The van der Waals surface area contributed by atoms with Gasteiger partial charge >= 0.3 is 5.97 Å². The Labute approximate surface area is 147 Å². The molecular formula is C17H11Cl3O3. The van der Waals surface area contributed by atoms with E-state index < -0.39 is 5.97 Å². The predicted octanol–water partition coefficient (Wildman–Crippen LogP) is 5.88. The summed E-state index contributed by atoms with van der Waals surface area (Å²) >= 11 is 18.0. The number of hydrogen-bond donors (Lipinski definition) is 1. The summed E-state index contributed by atoms with van der Waals surface area (Å²) in [6.07, 6.45) is 1.47. The maximum atomic E-state index is 10.9. The topological polar surface area (TPSA) is 50.4 Å². The molecule has 2 aromatic carbocycles. The van der Waals surface area contributed by atoms with E-state index in [1.165, 1.54) is 6.07 Å². The highest BCUT2D eigenvalue weighted by atomic mass is 35.5. The number of fused-ring (bicyclic) bond motifs is 1. The molecule has 0 aliphatic carbocycles. The Morgan fingerprint density at radius 2 is 1.61 bits per heavy atom. The molecule has 1 N–H and O–H groups in total. The van der Waals surface area contributed by atoms with Gasteiger partial charge in [0.2, 0.25) is 5.76 Å². The molecule has 118 valence electrons. The number of carbonyl (C=O) groups is 1. The van der Waals surface area contributed by atoms with Crippen molar-refractivity contribution in [1.29, 1.82) is 0 Å². The van der Waals surface area contributed by atoms with Crippen LogP contribution >= 0.6 is 34.8 Å². The number of benzene rings is 2. The molecule has 3 rings (SSSR count). The summed E-state index contributed by atoms with van der Waals surface area (Å²) < 4.78 is 5.32. The van der Waals surface area contributed by atoms with Gasteiger partial charge in [0.05, 0.1) is 15.1 Å². The van der Waals surface area contributed by atoms with Gasteiger partial charge in [-0.15, -0.1) is 0 Å². The van der Waals surface area contributed by atoms with Crippen LogP contribution in [0.2, 0.25) is 15.1 Å². The van der Waals surface area contributed by atoms with E-state index in [9.17, 15) is 4.79 Å². The lowest BCUT2D eigenvalue weighted by molar-refractivity contribution is 0.0665. The van der Waals surface area contributed by atoms with Gasteiger partial charge in [0.1, 0.15) is 5.58 Å². The summed E-state index contributed by atoms with van der Waals surface area (Å²) in [6, 6.07) is 10.7. The van der Waals surface area contributed by atoms with Crippen molar-refractivity contribution >= 4 is 51.7 Å². The lowest BCUT2D eigenvalue weighted by Crippen LogP contribution is -1.92. The quantitative estimate of drug-likeness (QED) is 0.584. The first-order valence-corrected chi connectivity index (χ1v) is 7.96. The fourth-order valence-electron chi connectivity index (χ4n) is 2.38. The average Bonchev–Trinajstić information content (AvgIpc) is 2.94. The summed E-state index contributed by atoms with van der Waals surface area (Å²) in [4.78, 5) is 10.9. The summed E-state index contributed by atoms with van der Waals surface area (Å²) in [5, 5.41) is 10.9. The molecule has 1 aromatic heterocycles. The van der Waals surface area contributed by atoms with Gasteiger partial charge in [-0.2, -0.15) is 0 Å². The van der Waals surface area contributed by atoms with Crippen LogP contribution in [0.1, 0.15) is 21.7 Å². The number of aryl methyl sites for hydroxylation is 2. The van der Waals surface area contributed by atoms with E-state index >= 15 is 0 Å². The van der Waals surface area contributed by atoms with Crippen LogP contribution < -0.4 is 0 Å². The molecule has 3 aromatic rings. The summed E-state index contributed by atoms with van der Waals surface area (Å²) in [5.74, 6) is -1.14. The predicted molar refractivity (Wildman–Crippen MR) is 92.1 cm³/mol. The van der Waals surface area contributed by atoms with E-state index in [4.69, 9.17) is 44.3 Å². The minimum absolute atomic E-state index is 0.0617. The van der Waals surface area contributed by atoms with Crippen molar-refractivity contribution in [3.05, 3.63) is 68.4 Å². The standard InChI is InChI=1S/C17H11Cl3O3/c18-12-5-10(6-13(19)16(12)20)2-1-9-3-4-11-8-15(17(21)22)23-14(11)7-9/h3-8H,1-2H2,(H,21,22). The van der Waals surface area contributed by atoms with Gasteiger partial charge in [-0.3, -0.25) is 0 Å². The largest absolute Gasteiger partial charge is 0.475 e. The van der Waals surface area contributed by atoms with Crippen molar-refractivity contribution in [3.63, 3.8) is 0 Å². The highest BCUT2D eigenvalue weighted by molar-refractivity contribution is 6.48. The molecule has 0 bridgehead atoms. The molecule has 0 spiro atoms. The molecule has 3 nitrogen and oxygen atoms in total. The Balaban J connectivity index is 1.80. The van der Waals surface area contributed by atoms with E-state index in [-0.39, 0.29) is 5.76 Å². The minimum Gasteiger partial charge on any atom is -0.475 e. The molecule has 6 heteroatoms. The van der Waals surface area contributed by atoms with Crippen molar-refractivity contribution in [2.24, 2.45) is 0 Å². The Kier molecular flexibility index (Phi) is 4.53. The van der Waals surface area contributed by atoms with Crippen LogP contribution in [-0.2, 0) is 12.8 Å². The summed E-state index contributed by atoms with van der Waals surface area (Å²) in [6.45, 7) is 0. The number of aromatic carboxylic acids is 1. The van der Waals surface area contributed by atoms with Crippen LogP contribution in [0.15, 0.2) is 40.8 Å². The third-order valence-electron chi connectivity index (χ3n) is 3.54. The maximum Gasteiger partial charge on any atom is 0.371 e. The summed E-state index contributed by atoms with van der Waals surface area (Å²) in [5.41, 5.74) is 2.58. The molecule has 0 aliphatic heterocycles.